The molecule has 2 aromatic heterocycles. The second kappa shape index (κ2) is 3.74. The minimum absolute atomic E-state index is 0.551. The molecule has 5 heteroatoms. The van der Waals surface area contributed by atoms with Crippen molar-refractivity contribution in [3.05, 3.63) is 28.9 Å². The van der Waals surface area contributed by atoms with E-state index in [2.05, 4.69) is 20.9 Å². The highest BCUT2D eigenvalue weighted by molar-refractivity contribution is 7.13. The van der Waals surface area contributed by atoms with Crippen LogP contribution in [0.1, 0.15) is 11.4 Å². The predicted molar refractivity (Wildman–Crippen MR) is 62.0 cm³/mol. The van der Waals surface area contributed by atoms with E-state index < -0.39 is 0 Å². The van der Waals surface area contributed by atoms with Crippen LogP contribution in [0, 0.1) is 11.3 Å². The van der Waals surface area contributed by atoms with Crippen LogP contribution in [0.3, 0.4) is 0 Å². The van der Waals surface area contributed by atoms with Gasteiger partial charge in [0.25, 0.3) is 0 Å². The number of imidazole rings is 1. The van der Waals surface area contributed by atoms with E-state index in [9.17, 15) is 0 Å². The molecule has 0 aliphatic carbocycles. The molecule has 0 atom stereocenters. The molecular weight excluding hydrogens is 220 g/mol. The van der Waals surface area contributed by atoms with Gasteiger partial charge < -0.3 is 9.88 Å². The molecule has 0 bridgehead atoms. The lowest BCUT2D eigenvalue weighted by Gasteiger charge is -2.17. The molecule has 0 aromatic carbocycles. The lowest BCUT2D eigenvalue weighted by Crippen LogP contribution is -2.28. The van der Waals surface area contributed by atoms with E-state index in [1.165, 1.54) is 0 Å². The first kappa shape index (κ1) is 9.58. The Hall–Kier alpha value is -1.64. The standard InChI is InChI=1S/C11H10N4S/c12-6-8-9-7-13-3-4-15(9)11(14-8)10-2-1-5-16-10/h1-2,5,13H,3-4,7H2. The molecule has 3 rings (SSSR count). The van der Waals surface area contributed by atoms with Gasteiger partial charge in [-0.1, -0.05) is 6.07 Å². The first-order valence-electron chi connectivity index (χ1n) is 5.14. The summed E-state index contributed by atoms with van der Waals surface area (Å²) in [5.74, 6) is 0.933. The summed E-state index contributed by atoms with van der Waals surface area (Å²) in [6.07, 6.45) is 0. The molecule has 0 radical (unpaired) electrons. The summed E-state index contributed by atoms with van der Waals surface area (Å²) in [7, 11) is 0. The van der Waals surface area contributed by atoms with Crippen LogP contribution in [0.4, 0.5) is 0 Å². The summed E-state index contributed by atoms with van der Waals surface area (Å²) in [6.45, 7) is 2.56. The van der Waals surface area contributed by atoms with Crippen LogP contribution in [0.5, 0.6) is 0 Å². The normalized spacial score (nSPS) is 14.4. The number of thiophene rings is 1. The Morgan fingerprint density at radius 3 is 3.25 bits per heavy atom. The fourth-order valence-electron chi connectivity index (χ4n) is 1.99. The smallest absolute Gasteiger partial charge is 0.163 e. The molecule has 4 nitrogen and oxygen atoms in total. The van der Waals surface area contributed by atoms with Crippen molar-refractivity contribution >= 4 is 11.3 Å². The molecule has 0 fully saturated rings. The molecule has 0 amide bonds. The van der Waals surface area contributed by atoms with Gasteiger partial charge in [0.1, 0.15) is 6.07 Å². The van der Waals surface area contributed by atoms with Crippen molar-refractivity contribution in [1.29, 1.82) is 5.26 Å². The van der Waals surface area contributed by atoms with Crippen LogP contribution in [0.2, 0.25) is 0 Å². The van der Waals surface area contributed by atoms with Crippen molar-refractivity contribution in [2.24, 2.45) is 0 Å². The number of nitrogens with one attached hydrogen (secondary N) is 1. The number of hydrogen-bond donors (Lipinski definition) is 1. The Kier molecular flexibility index (Phi) is 2.24. The second-order valence-electron chi connectivity index (χ2n) is 3.65. The highest BCUT2D eigenvalue weighted by Gasteiger charge is 2.20. The fraction of sp³-hybridized carbons (Fsp3) is 0.273. The number of nitriles is 1. The van der Waals surface area contributed by atoms with E-state index in [0.717, 1.165) is 36.0 Å². The highest BCUT2D eigenvalue weighted by atomic mass is 32.1. The summed E-state index contributed by atoms with van der Waals surface area (Å²) in [5.41, 5.74) is 1.56. The van der Waals surface area contributed by atoms with E-state index in [4.69, 9.17) is 5.26 Å². The summed E-state index contributed by atoms with van der Waals surface area (Å²) in [4.78, 5) is 5.55. The van der Waals surface area contributed by atoms with E-state index >= 15 is 0 Å². The number of nitrogens with zero attached hydrogens (tertiary/aromatic N) is 3. The predicted octanol–water partition coefficient (Wildman–Crippen LogP) is 1.59. The SMILES string of the molecule is N#Cc1nc(-c2cccs2)n2c1CNCC2. The largest absolute Gasteiger partial charge is 0.324 e. The zero-order valence-corrected chi connectivity index (χ0v) is 9.42. The number of aromatic nitrogens is 2. The Balaban J connectivity index is 2.20. The maximum Gasteiger partial charge on any atom is 0.163 e. The van der Waals surface area contributed by atoms with Crippen LogP contribution in [0.25, 0.3) is 10.7 Å². The summed E-state index contributed by atoms with van der Waals surface area (Å²) in [5, 5.41) is 14.4. The molecule has 0 saturated carbocycles. The Morgan fingerprint density at radius 1 is 1.56 bits per heavy atom. The molecule has 1 aliphatic rings. The summed E-state index contributed by atoms with van der Waals surface area (Å²) < 4.78 is 2.15. The van der Waals surface area contributed by atoms with Crippen molar-refractivity contribution in [3.63, 3.8) is 0 Å². The third-order valence-electron chi connectivity index (χ3n) is 2.72. The monoisotopic (exact) mass is 230 g/mol. The van der Waals surface area contributed by atoms with Gasteiger partial charge in [-0.3, -0.25) is 0 Å². The zero-order chi connectivity index (χ0) is 11.0. The Labute approximate surface area is 97.2 Å². The van der Waals surface area contributed by atoms with Crippen LogP contribution < -0.4 is 5.32 Å². The van der Waals surface area contributed by atoms with Gasteiger partial charge >= 0.3 is 0 Å². The summed E-state index contributed by atoms with van der Waals surface area (Å²) >= 11 is 1.66. The molecule has 0 spiro atoms. The quantitative estimate of drug-likeness (QED) is 0.809. The van der Waals surface area contributed by atoms with Crippen molar-refractivity contribution < 1.29 is 0 Å². The van der Waals surface area contributed by atoms with Gasteiger partial charge in [0.15, 0.2) is 11.5 Å². The maximum atomic E-state index is 9.05. The lowest BCUT2D eigenvalue weighted by atomic mass is 10.3. The van der Waals surface area contributed by atoms with Crippen LogP contribution in [0.15, 0.2) is 17.5 Å². The van der Waals surface area contributed by atoms with Gasteiger partial charge in [-0.25, -0.2) is 4.98 Å². The van der Waals surface area contributed by atoms with Gasteiger partial charge in [0, 0.05) is 19.6 Å². The van der Waals surface area contributed by atoms with Gasteiger partial charge in [-0.15, -0.1) is 11.3 Å². The minimum Gasteiger partial charge on any atom is -0.324 e. The average molecular weight is 230 g/mol. The average Bonchev–Trinajstić information content (AvgIpc) is 2.95. The van der Waals surface area contributed by atoms with Gasteiger partial charge in [0.2, 0.25) is 0 Å². The first-order chi connectivity index (χ1) is 7.90. The van der Waals surface area contributed by atoms with Crippen molar-refractivity contribution in [3.8, 4) is 16.8 Å². The van der Waals surface area contributed by atoms with Crippen molar-refractivity contribution in [1.82, 2.24) is 14.9 Å². The third kappa shape index (κ3) is 1.35. The molecule has 2 aromatic rings. The minimum atomic E-state index is 0.551. The van der Waals surface area contributed by atoms with E-state index in [1.807, 2.05) is 17.5 Å². The van der Waals surface area contributed by atoms with Crippen LogP contribution >= 0.6 is 11.3 Å². The van der Waals surface area contributed by atoms with Crippen molar-refractivity contribution in [2.45, 2.75) is 13.1 Å². The van der Waals surface area contributed by atoms with Gasteiger partial charge in [-0.05, 0) is 11.4 Å². The molecule has 0 saturated heterocycles. The highest BCUT2D eigenvalue weighted by Crippen LogP contribution is 2.27. The topological polar surface area (TPSA) is 53.6 Å². The first-order valence-corrected chi connectivity index (χ1v) is 6.02. The van der Waals surface area contributed by atoms with Crippen LogP contribution in [-0.2, 0) is 13.1 Å². The zero-order valence-electron chi connectivity index (χ0n) is 8.60. The second-order valence-corrected chi connectivity index (χ2v) is 4.60. The number of hydrogen-bond acceptors (Lipinski definition) is 4. The van der Waals surface area contributed by atoms with E-state index in [0.29, 0.717) is 5.69 Å². The summed E-state index contributed by atoms with van der Waals surface area (Å²) in [6, 6.07) is 6.22. The lowest BCUT2D eigenvalue weighted by molar-refractivity contribution is 0.519. The molecule has 80 valence electrons. The molecule has 3 heterocycles. The number of fused-ring (bicyclic) bond motifs is 1. The molecule has 1 aliphatic heterocycles. The van der Waals surface area contributed by atoms with Crippen LogP contribution in [-0.4, -0.2) is 16.1 Å². The van der Waals surface area contributed by atoms with Gasteiger partial charge in [0.05, 0.1) is 10.6 Å². The van der Waals surface area contributed by atoms with E-state index in [-0.39, 0.29) is 0 Å². The van der Waals surface area contributed by atoms with Gasteiger partial charge in [-0.2, -0.15) is 5.26 Å². The Bertz CT molecular complexity index is 547. The molecule has 0 unspecified atom stereocenters. The number of rotatable bonds is 1. The molecular formula is C11H10N4S. The van der Waals surface area contributed by atoms with Crippen molar-refractivity contribution in [2.75, 3.05) is 6.54 Å². The molecule has 16 heavy (non-hydrogen) atoms. The fourth-order valence-corrected chi connectivity index (χ4v) is 2.71. The third-order valence-corrected chi connectivity index (χ3v) is 3.59. The van der Waals surface area contributed by atoms with E-state index in [1.54, 1.807) is 11.3 Å². The maximum absolute atomic E-state index is 9.05. The Morgan fingerprint density at radius 2 is 2.50 bits per heavy atom. The molecule has 1 N–H and O–H groups in total.